The zero-order chi connectivity index (χ0) is 14.8. The average Bonchev–Trinajstić information content (AvgIpc) is 3.10. The molecule has 0 amide bonds. The van der Waals surface area contributed by atoms with Crippen LogP contribution >= 0.6 is 11.3 Å². The van der Waals surface area contributed by atoms with Crippen molar-refractivity contribution >= 4 is 11.3 Å². The molecule has 1 saturated heterocycles. The molecule has 0 spiro atoms. The molecule has 1 fully saturated rings. The van der Waals surface area contributed by atoms with Gasteiger partial charge in [-0.15, -0.1) is 11.3 Å². The summed E-state index contributed by atoms with van der Waals surface area (Å²) < 4.78 is 2.12. The minimum atomic E-state index is 0.195. The van der Waals surface area contributed by atoms with Crippen LogP contribution in [0.4, 0.5) is 0 Å². The molecule has 0 aliphatic carbocycles. The molecule has 3 unspecified atom stereocenters. The second-order valence-electron chi connectivity index (χ2n) is 6.15. The number of nitrogens with zero attached hydrogens (tertiary/aromatic N) is 3. The number of thiophene rings is 1. The number of aromatic nitrogens is 2. The zero-order valence-corrected chi connectivity index (χ0v) is 13.8. The lowest BCUT2D eigenvalue weighted by Crippen LogP contribution is -2.48. The monoisotopic (exact) mass is 304 g/mol. The molecule has 3 atom stereocenters. The molecule has 1 aliphatic rings. The first-order chi connectivity index (χ1) is 10.1. The molecule has 114 valence electrons. The van der Waals surface area contributed by atoms with Crippen molar-refractivity contribution < 1.29 is 0 Å². The normalized spacial score (nSPS) is 25.1. The summed E-state index contributed by atoms with van der Waals surface area (Å²) in [6.07, 6.45) is 5.11. The topological polar surface area (TPSA) is 33.1 Å². The fourth-order valence-electron chi connectivity index (χ4n) is 3.21. The van der Waals surface area contributed by atoms with Gasteiger partial charge in [0.15, 0.2) is 0 Å². The Morgan fingerprint density at radius 2 is 2.29 bits per heavy atom. The van der Waals surface area contributed by atoms with Gasteiger partial charge in [-0.05, 0) is 37.4 Å². The first kappa shape index (κ1) is 14.8. The predicted octanol–water partition coefficient (Wildman–Crippen LogP) is 2.50. The number of piperidine rings is 1. The van der Waals surface area contributed by atoms with E-state index in [9.17, 15) is 0 Å². The molecule has 2 aromatic heterocycles. The smallest absolute Gasteiger partial charge is 0.131 e. The number of hydrogen-bond donors (Lipinski definition) is 1. The van der Waals surface area contributed by atoms with Crippen LogP contribution in [0.1, 0.15) is 30.1 Å². The van der Waals surface area contributed by atoms with Gasteiger partial charge in [-0.2, -0.15) is 0 Å². The van der Waals surface area contributed by atoms with Crippen molar-refractivity contribution in [3.05, 3.63) is 40.6 Å². The maximum atomic E-state index is 4.57. The first-order valence-electron chi connectivity index (χ1n) is 7.60. The van der Waals surface area contributed by atoms with Crippen LogP contribution in [-0.2, 0) is 7.05 Å². The Morgan fingerprint density at radius 1 is 1.43 bits per heavy atom. The van der Waals surface area contributed by atoms with Crippen LogP contribution in [0.3, 0.4) is 0 Å². The van der Waals surface area contributed by atoms with E-state index in [4.69, 9.17) is 0 Å². The van der Waals surface area contributed by atoms with E-state index in [2.05, 4.69) is 58.3 Å². The second kappa shape index (κ2) is 6.30. The van der Waals surface area contributed by atoms with Gasteiger partial charge in [-0.3, -0.25) is 5.32 Å². The molecule has 0 saturated carbocycles. The standard InChI is InChI=1S/C16H24N4S/c1-12-11-19(2)8-6-13(12)18-15(14-5-4-10-21-14)16-17-7-9-20(16)3/h4-5,7,9-10,12-13,15,18H,6,8,11H2,1-3H3. The average molecular weight is 304 g/mol. The molecule has 1 aliphatic heterocycles. The van der Waals surface area contributed by atoms with Crippen molar-refractivity contribution in [1.29, 1.82) is 0 Å². The second-order valence-corrected chi connectivity index (χ2v) is 7.13. The Kier molecular flexibility index (Phi) is 4.42. The molecule has 5 heteroatoms. The molecular weight excluding hydrogens is 280 g/mol. The van der Waals surface area contributed by atoms with Crippen LogP contribution in [0, 0.1) is 5.92 Å². The Balaban J connectivity index is 1.82. The van der Waals surface area contributed by atoms with Gasteiger partial charge >= 0.3 is 0 Å². The fourth-order valence-corrected chi connectivity index (χ4v) is 3.99. The lowest BCUT2D eigenvalue weighted by Gasteiger charge is -2.37. The minimum Gasteiger partial charge on any atom is -0.336 e. The van der Waals surface area contributed by atoms with Crippen molar-refractivity contribution in [3.63, 3.8) is 0 Å². The van der Waals surface area contributed by atoms with Crippen LogP contribution in [0.5, 0.6) is 0 Å². The zero-order valence-electron chi connectivity index (χ0n) is 13.0. The van der Waals surface area contributed by atoms with E-state index in [-0.39, 0.29) is 6.04 Å². The van der Waals surface area contributed by atoms with Gasteiger partial charge in [0.2, 0.25) is 0 Å². The molecule has 2 aromatic rings. The molecule has 4 nitrogen and oxygen atoms in total. The van der Waals surface area contributed by atoms with E-state index in [1.807, 2.05) is 12.4 Å². The molecule has 0 radical (unpaired) electrons. The molecule has 21 heavy (non-hydrogen) atoms. The minimum absolute atomic E-state index is 0.195. The summed E-state index contributed by atoms with van der Waals surface area (Å²) in [6, 6.07) is 5.07. The third-order valence-electron chi connectivity index (χ3n) is 4.43. The Hall–Kier alpha value is -1.17. The summed E-state index contributed by atoms with van der Waals surface area (Å²) >= 11 is 1.80. The van der Waals surface area contributed by atoms with Gasteiger partial charge in [0.05, 0.1) is 0 Å². The predicted molar refractivity (Wildman–Crippen MR) is 87.6 cm³/mol. The molecular formula is C16H24N4S. The van der Waals surface area contributed by atoms with E-state index in [1.54, 1.807) is 11.3 Å². The summed E-state index contributed by atoms with van der Waals surface area (Å²) in [5.74, 6) is 1.76. The third kappa shape index (κ3) is 3.20. The molecule has 0 aromatic carbocycles. The Labute approximate surface area is 130 Å². The van der Waals surface area contributed by atoms with Gasteiger partial charge in [0.1, 0.15) is 11.9 Å². The van der Waals surface area contributed by atoms with E-state index < -0.39 is 0 Å². The maximum Gasteiger partial charge on any atom is 0.131 e. The highest BCUT2D eigenvalue weighted by atomic mass is 32.1. The summed E-state index contributed by atoms with van der Waals surface area (Å²) in [5.41, 5.74) is 0. The number of hydrogen-bond acceptors (Lipinski definition) is 4. The lowest BCUT2D eigenvalue weighted by molar-refractivity contribution is 0.169. The van der Waals surface area contributed by atoms with Crippen molar-refractivity contribution in [2.24, 2.45) is 13.0 Å². The third-order valence-corrected chi connectivity index (χ3v) is 5.37. The first-order valence-corrected chi connectivity index (χ1v) is 8.48. The van der Waals surface area contributed by atoms with Gasteiger partial charge in [0.25, 0.3) is 0 Å². The van der Waals surface area contributed by atoms with Crippen LogP contribution in [-0.4, -0.2) is 40.6 Å². The molecule has 3 rings (SSSR count). The van der Waals surface area contributed by atoms with Gasteiger partial charge < -0.3 is 9.47 Å². The summed E-state index contributed by atoms with van der Waals surface area (Å²) in [6.45, 7) is 4.67. The van der Waals surface area contributed by atoms with Crippen molar-refractivity contribution in [2.75, 3.05) is 20.1 Å². The van der Waals surface area contributed by atoms with E-state index in [0.29, 0.717) is 12.0 Å². The highest BCUT2D eigenvalue weighted by molar-refractivity contribution is 7.10. The van der Waals surface area contributed by atoms with Crippen LogP contribution < -0.4 is 5.32 Å². The number of likely N-dealkylation sites (tertiary alicyclic amines) is 1. The van der Waals surface area contributed by atoms with Crippen molar-refractivity contribution in [1.82, 2.24) is 19.8 Å². The Bertz CT molecular complexity index is 563. The van der Waals surface area contributed by atoms with Crippen LogP contribution in [0.2, 0.25) is 0 Å². The lowest BCUT2D eigenvalue weighted by atomic mass is 9.93. The van der Waals surface area contributed by atoms with Gasteiger partial charge in [-0.1, -0.05) is 13.0 Å². The highest BCUT2D eigenvalue weighted by Gasteiger charge is 2.29. The highest BCUT2D eigenvalue weighted by Crippen LogP contribution is 2.27. The van der Waals surface area contributed by atoms with Gasteiger partial charge in [-0.25, -0.2) is 4.98 Å². The van der Waals surface area contributed by atoms with E-state index in [0.717, 1.165) is 12.4 Å². The quantitative estimate of drug-likeness (QED) is 0.942. The van der Waals surface area contributed by atoms with Crippen LogP contribution in [0.25, 0.3) is 0 Å². The van der Waals surface area contributed by atoms with Gasteiger partial charge in [0, 0.05) is 36.9 Å². The maximum absolute atomic E-state index is 4.57. The fraction of sp³-hybridized carbons (Fsp3) is 0.562. The number of rotatable bonds is 4. The van der Waals surface area contributed by atoms with Crippen molar-refractivity contribution in [2.45, 2.75) is 25.4 Å². The number of aryl methyl sites for hydroxylation is 1. The van der Waals surface area contributed by atoms with E-state index in [1.165, 1.54) is 17.8 Å². The molecule has 0 bridgehead atoms. The van der Waals surface area contributed by atoms with Crippen LogP contribution in [0.15, 0.2) is 29.9 Å². The number of nitrogens with one attached hydrogen (secondary N) is 1. The summed E-state index contributed by atoms with van der Waals surface area (Å²) in [4.78, 5) is 8.34. The summed E-state index contributed by atoms with van der Waals surface area (Å²) in [7, 11) is 4.28. The SMILES string of the molecule is CC1CN(C)CCC1NC(c1cccs1)c1nccn1C. The van der Waals surface area contributed by atoms with Crippen molar-refractivity contribution in [3.8, 4) is 0 Å². The largest absolute Gasteiger partial charge is 0.336 e. The molecule has 1 N–H and O–H groups in total. The van der Waals surface area contributed by atoms with E-state index >= 15 is 0 Å². The molecule has 3 heterocycles. The summed E-state index contributed by atoms with van der Waals surface area (Å²) in [5, 5.41) is 6.02. The number of imidazole rings is 1. The Morgan fingerprint density at radius 3 is 2.90 bits per heavy atom.